The Labute approximate surface area is 69.3 Å². The molecular formula is C10H16N+. The Morgan fingerprint density at radius 2 is 2.45 bits per heavy atom. The minimum absolute atomic E-state index is 0.798. The second kappa shape index (κ2) is 3.11. The number of hydrogen-bond donors (Lipinski definition) is 0. The van der Waals surface area contributed by atoms with Gasteiger partial charge in [0.1, 0.15) is 12.6 Å². The summed E-state index contributed by atoms with van der Waals surface area (Å²) in [5.41, 5.74) is 0. The fraction of sp³-hybridized carbons (Fsp3) is 0.600. The van der Waals surface area contributed by atoms with Gasteiger partial charge in [-0.3, -0.25) is 0 Å². The second-order valence-electron chi connectivity index (χ2n) is 3.29. The Kier molecular flexibility index (Phi) is 2.36. The topological polar surface area (TPSA) is 0 Å². The Morgan fingerprint density at radius 1 is 1.73 bits per heavy atom. The molecule has 1 heterocycles. The quantitative estimate of drug-likeness (QED) is 0.243. The summed E-state index contributed by atoms with van der Waals surface area (Å²) >= 11 is 0. The van der Waals surface area contributed by atoms with Crippen LogP contribution in [0.15, 0.2) is 12.7 Å². The minimum Gasteiger partial charge on any atom is -0.237 e. The number of allylic oxidation sites excluding steroid dienone is 1. The van der Waals surface area contributed by atoms with Crippen molar-refractivity contribution in [2.45, 2.75) is 25.8 Å². The summed E-state index contributed by atoms with van der Waals surface area (Å²) in [5, 5.41) is 0. The first-order valence-corrected chi connectivity index (χ1v) is 4.19. The molecule has 0 aliphatic carbocycles. The van der Waals surface area contributed by atoms with E-state index in [2.05, 4.69) is 32.5 Å². The predicted molar refractivity (Wildman–Crippen MR) is 47.7 cm³/mol. The van der Waals surface area contributed by atoms with Crippen molar-refractivity contribution in [3.05, 3.63) is 12.7 Å². The van der Waals surface area contributed by atoms with Gasteiger partial charge in [-0.05, 0) is 5.92 Å². The summed E-state index contributed by atoms with van der Waals surface area (Å²) < 4.78 is 0.963. The van der Waals surface area contributed by atoms with E-state index >= 15 is 0 Å². The van der Waals surface area contributed by atoms with Crippen LogP contribution < -0.4 is 0 Å². The van der Waals surface area contributed by atoms with Gasteiger partial charge in [0.05, 0.1) is 7.05 Å². The molecular weight excluding hydrogens is 134 g/mol. The summed E-state index contributed by atoms with van der Waals surface area (Å²) in [6, 6.07) is 4.05. The number of hydrogen-bond acceptors (Lipinski definition) is 0. The van der Waals surface area contributed by atoms with Crippen LogP contribution in [0.25, 0.3) is 0 Å². The molecule has 11 heavy (non-hydrogen) atoms. The third-order valence-corrected chi connectivity index (χ3v) is 2.31. The molecule has 1 fully saturated rings. The lowest BCUT2D eigenvalue weighted by Gasteiger charge is -2.00. The van der Waals surface area contributed by atoms with Gasteiger partial charge >= 0.3 is 0 Å². The van der Waals surface area contributed by atoms with Crippen LogP contribution in [0, 0.1) is 12.0 Å². The molecule has 0 aromatic rings. The number of nitrogens with zero attached hydrogens (tertiary/aromatic N) is 1. The highest BCUT2D eigenvalue weighted by Crippen LogP contribution is 2.28. The highest BCUT2D eigenvalue weighted by atomic mass is 15.5. The third-order valence-electron chi connectivity index (χ3n) is 2.31. The molecule has 0 aromatic carbocycles. The van der Waals surface area contributed by atoms with E-state index in [4.69, 9.17) is 0 Å². The molecule has 1 aliphatic rings. The zero-order valence-corrected chi connectivity index (χ0v) is 7.43. The van der Waals surface area contributed by atoms with Crippen LogP contribution in [0.1, 0.15) is 19.8 Å². The summed E-state index contributed by atoms with van der Waals surface area (Å²) in [5.74, 6) is 3.11. The highest BCUT2D eigenvalue weighted by Gasteiger charge is 2.49. The largest absolute Gasteiger partial charge is 0.237 e. The van der Waals surface area contributed by atoms with Gasteiger partial charge in [0.2, 0.25) is 0 Å². The molecule has 0 aromatic heterocycles. The molecule has 1 heteroatoms. The molecule has 1 nitrogen and oxygen atoms in total. The average Bonchev–Trinajstić information content (AvgIpc) is 2.63. The molecule has 2 unspecified atom stereocenters. The average molecular weight is 150 g/mol. The molecule has 0 bridgehead atoms. The maximum absolute atomic E-state index is 3.63. The first kappa shape index (κ1) is 8.36. The van der Waals surface area contributed by atoms with Crippen LogP contribution in [0.5, 0.6) is 0 Å². The first-order chi connectivity index (χ1) is 5.23. The molecule has 60 valence electrons. The lowest BCUT2D eigenvalue weighted by Crippen LogP contribution is -2.15. The van der Waals surface area contributed by atoms with Gasteiger partial charge in [0, 0.05) is 12.8 Å². The standard InChI is InChI=1S/C10H16N/c1-4-6-7-8-11(3)9-10(11)5-2/h4,10H,1,5-6,9H2,2-3H3/q+1. The van der Waals surface area contributed by atoms with Crippen molar-refractivity contribution in [1.82, 2.24) is 0 Å². The monoisotopic (exact) mass is 150 g/mol. The van der Waals surface area contributed by atoms with Gasteiger partial charge in [0.15, 0.2) is 6.04 Å². The molecule has 0 saturated carbocycles. The van der Waals surface area contributed by atoms with E-state index in [1.165, 1.54) is 13.0 Å². The molecule has 0 spiro atoms. The van der Waals surface area contributed by atoms with E-state index in [1.54, 1.807) is 0 Å². The van der Waals surface area contributed by atoms with Crippen molar-refractivity contribution in [3.63, 3.8) is 0 Å². The third kappa shape index (κ3) is 1.85. The molecule has 0 N–H and O–H groups in total. The van der Waals surface area contributed by atoms with Crippen molar-refractivity contribution in [2.75, 3.05) is 13.6 Å². The lowest BCUT2D eigenvalue weighted by molar-refractivity contribution is -0.716. The normalized spacial score (nSPS) is 33.8. The highest BCUT2D eigenvalue weighted by molar-refractivity contribution is 5.00. The second-order valence-corrected chi connectivity index (χ2v) is 3.29. The van der Waals surface area contributed by atoms with Crippen LogP contribution >= 0.6 is 0 Å². The predicted octanol–water partition coefficient (Wildman–Crippen LogP) is 1.76. The van der Waals surface area contributed by atoms with Crippen molar-refractivity contribution in [3.8, 4) is 12.0 Å². The van der Waals surface area contributed by atoms with Crippen LogP contribution in [-0.4, -0.2) is 24.1 Å². The zero-order valence-electron chi connectivity index (χ0n) is 7.43. The van der Waals surface area contributed by atoms with Gasteiger partial charge in [-0.15, -0.1) is 6.58 Å². The molecule has 0 radical (unpaired) electrons. The van der Waals surface area contributed by atoms with E-state index in [1.807, 2.05) is 6.08 Å². The fourth-order valence-corrected chi connectivity index (χ4v) is 1.36. The van der Waals surface area contributed by atoms with Crippen LogP contribution in [0.2, 0.25) is 0 Å². The Morgan fingerprint density at radius 3 is 2.91 bits per heavy atom. The molecule has 2 atom stereocenters. The lowest BCUT2D eigenvalue weighted by atomic mass is 10.4. The fourth-order valence-electron chi connectivity index (χ4n) is 1.36. The smallest absolute Gasteiger partial charge is 0.151 e. The Hall–Kier alpha value is -0.740. The van der Waals surface area contributed by atoms with Crippen molar-refractivity contribution in [1.29, 1.82) is 0 Å². The first-order valence-electron chi connectivity index (χ1n) is 4.19. The molecule has 0 amide bonds. The van der Waals surface area contributed by atoms with Crippen molar-refractivity contribution < 1.29 is 4.48 Å². The van der Waals surface area contributed by atoms with Gasteiger partial charge in [-0.25, -0.2) is 4.48 Å². The summed E-state index contributed by atoms with van der Waals surface area (Å²) in [4.78, 5) is 0. The van der Waals surface area contributed by atoms with Crippen molar-refractivity contribution in [2.24, 2.45) is 0 Å². The summed E-state index contributed by atoms with van der Waals surface area (Å²) in [6.45, 7) is 7.09. The summed E-state index contributed by atoms with van der Waals surface area (Å²) in [7, 11) is 2.20. The van der Waals surface area contributed by atoms with Crippen LogP contribution in [-0.2, 0) is 0 Å². The van der Waals surface area contributed by atoms with Gasteiger partial charge in [-0.1, -0.05) is 13.0 Å². The van der Waals surface area contributed by atoms with E-state index < -0.39 is 0 Å². The van der Waals surface area contributed by atoms with Gasteiger partial charge < -0.3 is 0 Å². The van der Waals surface area contributed by atoms with E-state index in [0.717, 1.165) is 16.9 Å². The molecule has 1 aliphatic heterocycles. The molecule has 1 rings (SSSR count). The number of likely N-dealkylation sites (N-methyl/N-ethyl adjacent to an activating group) is 1. The van der Waals surface area contributed by atoms with E-state index in [-0.39, 0.29) is 0 Å². The minimum atomic E-state index is 0.798. The van der Waals surface area contributed by atoms with E-state index in [9.17, 15) is 0 Å². The van der Waals surface area contributed by atoms with Crippen LogP contribution in [0.3, 0.4) is 0 Å². The van der Waals surface area contributed by atoms with Gasteiger partial charge in [0.25, 0.3) is 0 Å². The SMILES string of the molecule is C=CCC#C[N+]1(C)CC1CC. The maximum Gasteiger partial charge on any atom is 0.151 e. The van der Waals surface area contributed by atoms with Crippen LogP contribution in [0.4, 0.5) is 0 Å². The summed E-state index contributed by atoms with van der Waals surface area (Å²) in [6.07, 6.45) is 3.92. The Bertz CT molecular complexity index is 209. The molecule has 1 saturated heterocycles. The maximum atomic E-state index is 3.63. The van der Waals surface area contributed by atoms with Gasteiger partial charge in [-0.2, -0.15) is 0 Å². The Balaban J connectivity index is 2.40. The van der Waals surface area contributed by atoms with E-state index in [0.29, 0.717) is 0 Å². The zero-order chi connectivity index (χ0) is 8.32. The number of quaternary nitrogens is 1. The van der Waals surface area contributed by atoms with Crippen molar-refractivity contribution >= 4 is 0 Å². The number of rotatable bonds is 2.